The molecule has 0 aliphatic carbocycles. The first-order valence-electron chi connectivity index (χ1n) is 9.16. The van der Waals surface area contributed by atoms with Crippen molar-refractivity contribution in [3.63, 3.8) is 0 Å². The summed E-state index contributed by atoms with van der Waals surface area (Å²) in [7, 11) is 0. The number of carboxylic acids is 1. The Kier molecular flexibility index (Phi) is 12.9. The van der Waals surface area contributed by atoms with Crippen molar-refractivity contribution in [2.45, 2.75) is 49.9 Å². The van der Waals surface area contributed by atoms with E-state index in [2.05, 4.69) is 10.6 Å². The van der Waals surface area contributed by atoms with E-state index in [1.807, 2.05) is 5.32 Å². The number of carbonyl (C=O) groups excluding carboxylic acids is 4. The molecule has 4 unspecified atom stereocenters. The maximum atomic E-state index is 12.2. The maximum absolute atomic E-state index is 12.2. The molecule has 0 aliphatic heterocycles. The maximum Gasteiger partial charge on any atom is 0.326 e. The van der Waals surface area contributed by atoms with Crippen LogP contribution in [0.3, 0.4) is 0 Å². The van der Waals surface area contributed by atoms with Gasteiger partial charge in [-0.05, 0) is 19.4 Å². The summed E-state index contributed by atoms with van der Waals surface area (Å²) in [4.78, 5) is 58.3. The predicted octanol–water partition coefficient (Wildman–Crippen LogP) is -5.16. The van der Waals surface area contributed by atoms with E-state index in [1.54, 1.807) is 0 Å². The molecule has 0 spiro atoms. The molecule has 0 heterocycles. The molecule has 30 heavy (non-hydrogen) atoms. The number of primary amides is 1. The Morgan fingerprint density at radius 3 is 1.67 bits per heavy atom. The number of unbranched alkanes of at least 4 members (excludes halogenated alkanes) is 1. The molecule has 0 rings (SSSR count). The number of rotatable bonds is 15. The Labute approximate surface area is 172 Å². The Balaban J connectivity index is 4.92. The molecule has 4 atom stereocenters. The molecule has 0 aliphatic rings. The second-order valence-corrected chi connectivity index (χ2v) is 6.45. The SMILES string of the molecule is NCCCCC(N)C(=O)NC(CO)C(=O)NC(CO)C(=O)NC(CC(N)=O)C(=O)O. The first-order chi connectivity index (χ1) is 14.1. The van der Waals surface area contributed by atoms with Gasteiger partial charge in [0.1, 0.15) is 18.1 Å². The van der Waals surface area contributed by atoms with Crippen LogP contribution in [0.4, 0.5) is 0 Å². The molecule has 4 amide bonds. The van der Waals surface area contributed by atoms with E-state index in [1.165, 1.54) is 0 Å². The minimum atomic E-state index is -1.67. The summed E-state index contributed by atoms with van der Waals surface area (Å²) < 4.78 is 0. The molecule has 172 valence electrons. The van der Waals surface area contributed by atoms with Crippen molar-refractivity contribution in [1.29, 1.82) is 0 Å². The van der Waals surface area contributed by atoms with Crippen molar-refractivity contribution in [3.05, 3.63) is 0 Å². The second-order valence-electron chi connectivity index (χ2n) is 6.45. The van der Waals surface area contributed by atoms with Crippen LogP contribution in [0.5, 0.6) is 0 Å². The highest BCUT2D eigenvalue weighted by Crippen LogP contribution is 1.99. The van der Waals surface area contributed by atoms with E-state index in [4.69, 9.17) is 22.3 Å². The lowest BCUT2D eigenvalue weighted by molar-refractivity contribution is -0.144. The minimum absolute atomic E-state index is 0.306. The van der Waals surface area contributed by atoms with Crippen LogP contribution >= 0.6 is 0 Å². The van der Waals surface area contributed by atoms with E-state index in [-0.39, 0.29) is 0 Å². The molecular formula is C16H30N6O8. The lowest BCUT2D eigenvalue weighted by Crippen LogP contribution is -2.59. The standard InChI is InChI=1S/C16H30N6O8/c17-4-2-1-3-8(18)13(26)21-10(6-23)15(28)22-11(7-24)14(27)20-9(16(29)30)5-12(19)25/h8-11,23-24H,1-7,17-18H2,(H2,19,25)(H,20,27)(H,21,26)(H,22,28)(H,29,30). The average Bonchev–Trinajstić information content (AvgIpc) is 2.68. The van der Waals surface area contributed by atoms with Crippen molar-refractivity contribution in [2.75, 3.05) is 19.8 Å². The van der Waals surface area contributed by atoms with Crippen molar-refractivity contribution in [1.82, 2.24) is 16.0 Å². The Morgan fingerprint density at radius 2 is 1.27 bits per heavy atom. The quantitative estimate of drug-likeness (QED) is 0.111. The highest BCUT2D eigenvalue weighted by molar-refractivity contribution is 5.94. The van der Waals surface area contributed by atoms with Gasteiger partial charge in [0.2, 0.25) is 23.6 Å². The summed E-state index contributed by atoms with van der Waals surface area (Å²) in [5.41, 5.74) is 16.0. The van der Waals surface area contributed by atoms with Crippen LogP contribution in [0.15, 0.2) is 0 Å². The minimum Gasteiger partial charge on any atom is -0.480 e. The fourth-order valence-electron chi connectivity index (χ4n) is 2.25. The number of hydrogen-bond acceptors (Lipinski definition) is 9. The summed E-state index contributed by atoms with van der Waals surface area (Å²) in [6.07, 6.45) is 0.848. The van der Waals surface area contributed by atoms with Gasteiger partial charge in [0.15, 0.2) is 0 Å². The lowest BCUT2D eigenvalue weighted by Gasteiger charge is -2.23. The summed E-state index contributed by atoms with van der Waals surface area (Å²) in [5, 5.41) is 33.9. The van der Waals surface area contributed by atoms with E-state index < -0.39 is 73.4 Å². The van der Waals surface area contributed by atoms with Gasteiger partial charge in [0.05, 0.1) is 25.7 Å². The highest BCUT2D eigenvalue weighted by atomic mass is 16.4. The lowest BCUT2D eigenvalue weighted by atomic mass is 10.1. The largest absolute Gasteiger partial charge is 0.480 e. The second kappa shape index (κ2) is 14.2. The predicted molar refractivity (Wildman–Crippen MR) is 102 cm³/mol. The van der Waals surface area contributed by atoms with Crippen LogP contribution in [0.1, 0.15) is 25.7 Å². The molecule has 14 heteroatoms. The zero-order valence-corrected chi connectivity index (χ0v) is 16.4. The van der Waals surface area contributed by atoms with Crippen LogP contribution < -0.4 is 33.2 Å². The molecule has 0 aromatic heterocycles. The fourth-order valence-corrected chi connectivity index (χ4v) is 2.25. The first-order valence-corrected chi connectivity index (χ1v) is 9.16. The van der Waals surface area contributed by atoms with Gasteiger partial charge in [-0.25, -0.2) is 4.79 Å². The number of amides is 4. The third-order valence-electron chi connectivity index (χ3n) is 3.96. The van der Waals surface area contributed by atoms with Crippen LogP contribution in [-0.2, 0) is 24.0 Å². The highest BCUT2D eigenvalue weighted by Gasteiger charge is 2.30. The molecule has 0 fully saturated rings. The van der Waals surface area contributed by atoms with Crippen molar-refractivity contribution in [3.8, 4) is 0 Å². The number of nitrogens with two attached hydrogens (primary N) is 3. The molecule has 0 saturated heterocycles. The third kappa shape index (κ3) is 10.1. The molecule has 0 aromatic rings. The van der Waals surface area contributed by atoms with Crippen molar-refractivity contribution < 1.29 is 39.3 Å². The number of aliphatic carboxylic acids is 1. The molecule has 14 nitrogen and oxygen atoms in total. The van der Waals surface area contributed by atoms with Crippen LogP contribution in [0.25, 0.3) is 0 Å². The molecule has 0 bridgehead atoms. The number of carboxylic acid groups (broad SMARTS) is 1. The summed E-state index contributed by atoms with van der Waals surface area (Å²) >= 11 is 0. The van der Waals surface area contributed by atoms with Gasteiger partial charge in [-0.1, -0.05) is 6.42 Å². The zero-order valence-electron chi connectivity index (χ0n) is 16.4. The van der Waals surface area contributed by atoms with Crippen molar-refractivity contribution in [2.24, 2.45) is 17.2 Å². The smallest absolute Gasteiger partial charge is 0.326 e. The number of hydrogen-bond donors (Lipinski definition) is 9. The van der Waals surface area contributed by atoms with Crippen LogP contribution in [-0.4, -0.2) is 88.8 Å². The average molecular weight is 434 g/mol. The van der Waals surface area contributed by atoms with E-state index >= 15 is 0 Å². The normalized spacial score (nSPS) is 14.7. The van der Waals surface area contributed by atoms with E-state index in [0.717, 1.165) is 0 Å². The molecular weight excluding hydrogens is 404 g/mol. The van der Waals surface area contributed by atoms with Gasteiger partial charge in [-0.3, -0.25) is 19.2 Å². The van der Waals surface area contributed by atoms with Gasteiger partial charge in [0, 0.05) is 0 Å². The first kappa shape index (κ1) is 27.2. The Morgan fingerprint density at radius 1 is 0.800 bits per heavy atom. The monoisotopic (exact) mass is 434 g/mol. The summed E-state index contributed by atoms with van der Waals surface area (Å²) in [6.45, 7) is -1.32. The van der Waals surface area contributed by atoms with Crippen molar-refractivity contribution >= 4 is 29.6 Å². The van der Waals surface area contributed by atoms with E-state index in [0.29, 0.717) is 25.8 Å². The van der Waals surface area contributed by atoms with Crippen LogP contribution in [0.2, 0.25) is 0 Å². The number of carbonyl (C=O) groups is 5. The molecule has 0 saturated carbocycles. The van der Waals surface area contributed by atoms with Gasteiger partial charge in [0.25, 0.3) is 0 Å². The molecule has 0 aromatic carbocycles. The van der Waals surface area contributed by atoms with Gasteiger partial charge >= 0.3 is 5.97 Å². The van der Waals surface area contributed by atoms with Gasteiger partial charge in [-0.15, -0.1) is 0 Å². The summed E-state index contributed by atoms with van der Waals surface area (Å²) in [6, 6.07) is -5.70. The third-order valence-corrected chi connectivity index (χ3v) is 3.96. The zero-order chi connectivity index (χ0) is 23.3. The van der Waals surface area contributed by atoms with Gasteiger partial charge in [-0.2, -0.15) is 0 Å². The van der Waals surface area contributed by atoms with Gasteiger partial charge < -0.3 is 48.5 Å². The Hall–Kier alpha value is -2.81. The topological polar surface area (TPSA) is 260 Å². The Bertz CT molecular complexity index is 617. The number of nitrogens with one attached hydrogen (secondary N) is 3. The number of aliphatic hydroxyl groups excluding tert-OH is 2. The van der Waals surface area contributed by atoms with Crippen LogP contribution in [0, 0.1) is 0 Å². The number of aliphatic hydroxyl groups is 2. The molecule has 0 radical (unpaired) electrons. The fraction of sp³-hybridized carbons (Fsp3) is 0.688. The van der Waals surface area contributed by atoms with E-state index in [9.17, 15) is 34.2 Å². The summed E-state index contributed by atoms with van der Waals surface area (Å²) in [5.74, 6) is -5.37. The molecule has 12 N–H and O–H groups in total.